The van der Waals surface area contributed by atoms with Crippen LogP contribution in [-0.4, -0.2) is 47.6 Å². The number of nitrogens with zero attached hydrogens (tertiary/aromatic N) is 1. The Morgan fingerprint density at radius 3 is 2.37 bits per heavy atom. The van der Waals surface area contributed by atoms with Crippen molar-refractivity contribution in [1.29, 1.82) is 0 Å². The molecule has 1 aliphatic heterocycles. The molecule has 0 spiro atoms. The quantitative estimate of drug-likeness (QED) is 0.708. The number of hydrogen-bond acceptors (Lipinski definition) is 4. The second kappa shape index (κ2) is 7.90. The van der Waals surface area contributed by atoms with Crippen molar-refractivity contribution in [2.45, 2.75) is 76.6 Å². The maximum absolute atomic E-state index is 14.2. The van der Waals surface area contributed by atoms with Gasteiger partial charge >= 0.3 is 12.1 Å². The van der Waals surface area contributed by atoms with E-state index in [0.29, 0.717) is 25.7 Å². The molecule has 9 heteroatoms. The van der Waals surface area contributed by atoms with Crippen LogP contribution in [0.2, 0.25) is 0 Å². The highest BCUT2D eigenvalue weighted by Gasteiger charge is 2.71. The molecule has 1 heterocycles. The standard InChI is InChI=1S/C18H25F3N2O4/c1-4-5-10-13(24)22-17(18(19,20)21)14(15(25)27-3)11(2)23(16(17)26)12-8-6-7-9-12/h12H,4-10H2,1-3H3,(H,22,24)/t17-/m0/s1. The maximum atomic E-state index is 14.2. The summed E-state index contributed by atoms with van der Waals surface area (Å²) >= 11 is 0. The molecular formula is C18H25F3N2O4. The monoisotopic (exact) mass is 390 g/mol. The first-order valence-corrected chi connectivity index (χ1v) is 9.12. The van der Waals surface area contributed by atoms with Gasteiger partial charge in [0.1, 0.15) is 5.57 Å². The number of hydrogen-bond donors (Lipinski definition) is 1. The summed E-state index contributed by atoms with van der Waals surface area (Å²) in [5, 5.41) is 1.85. The van der Waals surface area contributed by atoms with Crippen LogP contribution in [0.25, 0.3) is 0 Å². The topological polar surface area (TPSA) is 75.7 Å². The van der Waals surface area contributed by atoms with Gasteiger partial charge in [-0.25, -0.2) is 4.79 Å². The van der Waals surface area contributed by atoms with Crippen LogP contribution in [0.1, 0.15) is 58.8 Å². The molecule has 1 N–H and O–H groups in total. The number of carbonyl (C=O) groups is 3. The molecular weight excluding hydrogens is 365 g/mol. The summed E-state index contributed by atoms with van der Waals surface area (Å²) in [6.07, 6.45) is -1.70. The normalized spacial score (nSPS) is 23.9. The molecule has 1 saturated carbocycles. The molecule has 1 fully saturated rings. The second-order valence-electron chi connectivity index (χ2n) is 6.96. The van der Waals surface area contributed by atoms with Gasteiger partial charge in [-0.3, -0.25) is 9.59 Å². The number of halogens is 3. The number of methoxy groups -OCH3 is 1. The van der Waals surface area contributed by atoms with E-state index in [0.717, 1.165) is 24.9 Å². The lowest BCUT2D eigenvalue weighted by atomic mass is 9.88. The summed E-state index contributed by atoms with van der Waals surface area (Å²) in [5.41, 5.74) is -4.36. The molecule has 0 radical (unpaired) electrons. The fraction of sp³-hybridized carbons (Fsp3) is 0.722. The van der Waals surface area contributed by atoms with Crippen LogP contribution < -0.4 is 5.32 Å². The Labute approximate surface area is 156 Å². The van der Waals surface area contributed by atoms with Crippen LogP contribution in [0.5, 0.6) is 0 Å². The Morgan fingerprint density at radius 2 is 1.89 bits per heavy atom. The molecule has 0 bridgehead atoms. The number of rotatable bonds is 6. The summed E-state index contributed by atoms with van der Waals surface area (Å²) in [6, 6.07) is -0.422. The van der Waals surface area contributed by atoms with Crippen molar-refractivity contribution in [2.24, 2.45) is 0 Å². The summed E-state index contributed by atoms with van der Waals surface area (Å²) in [4.78, 5) is 38.6. The maximum Gasteiger partial charge on any atom is 0.425 e. The van der Waals surface area contributed by atoms with Crippen LogP contribution in [-0.2, 0) is 19.1 Å². The fourth-order valence-corrected chi connectivity index (χ4v) is 3.90. The molecule has 27 heavy (non-hydrogen) atoms. The highest BCUT2D eigenvalue weighted by molar-refractivity contribution is 6.10. The van der Waals surface area contributed by atoms with E-state index in [1.54, 1.807) is 6.92 Å². The number of unbranched alkanes of at least 4 members (excludes halogenated alkanes) is 1. The van der Waals surface area contributed by atoms with E-state index in [1.165, 1.54) is 6.92 Å². The average molecular weight is 390 g/mol. The van der Waals surface area contributed by atoms with Gasteiger partial charge in [-0.05, 0) is 26.2 Å². The fourth-order valence-electron chi connectivity index (χ4n) is 3.90. The molecule has 0 aromatic rings. The summed E-state index contributed by atoms with van der Waals surface area (Å²) in [5.74, 6) is -3.52. The van der Waals surface area contributed by atoms with Crippen LogP contribution >= 0.6 is 0 Å². The van der Waals surface area contributed by atoms with Gasteiger partial charge in [0, 0.05) is 18.2 Å². The molecule has 0 aromatic carbocycles. The van der Waals surface area contributed by atoms with E-state index in [9.17, 15) is 27.6 Å². The van der Waals surface area contributed by atoms with Gasteiger partial charge < -0.3 is 15.0 Å². The number of alkyl halides is 3. The second-order valence-corrected chi connectivity index (χ2v) is 6.96. The van der Waals surface area contributed by atoms with Gasteiger partial charge in [-0.2, -0.15) is 13.2 Å². The molecule has 2 amide bonds. The predicted octanol–water partition coefficient (Wildman–Crippen LogP) is 2.83. The predicted molar refractivity (Wildman–Crippen MR) is 90.3 cm³/mol. The lowest BCUT2D eigenvalue weighted by molar-refractivity contribution is -0.196. The Kier molecular flexibility index (Phi) is 6.21. The molecule has 0 saturated heterocycles. The SMILES string of the molecule is CCCCC(=O)N[C@]1(C(F)(F)F)C(=O)N(C2CCCC2)C(C)=C1C(=O)OC. The van der Waals surface area contributed by atoms with Crippen molar-refractivity contribution in [3.8, 4) is 0 Å². The number of amides is 2. The van der Waals surface area contributed by atoms with Crippen molar-refractivity contribution in [1.82, 2.24) is 10.2 Å². The largest absolute Gasteiger partial charge is 0.466 e. The zero-order valence-corrected chi connectivity index (χ0v) is 15.7. The molecule has 152 valence electrons. The first-order chi connectivity index (χ1) is 12.6. The Bertz CT molecular complexity index is 653. The Balaban J connectivity index is 2.58. The molecule has 1 atom stereocenters. The van der Waals surface area contributed by atoms with Crippen LogP contribution in [0.3, 0.4) is 0 Å². The van der Waals surface area contributed by atoms with Crippen LogP contribution in [0, 0.1) is 0 Å². The third-order valence-electron chi connectivity index (χ3n) is 5.23. The average Bonchev–Trinajstić information content (AvgIpc) is 3.18. The van der Waals surface area contributed by atoms with E-state index >= 15 is 0 Å². The smallest absolute Gasteiger partial charge is 0.425 e. The van der Waals surface area contributed by atoms with E-state index in [1.807, 2.05) is 5.32 Å². The van der Waals surface area contributed by atoms with Crippen molar-refractivity contribution < 1.29 is 32.3 Å². The van der Waals surface area contributed by atoms with Crippen LogP contribution in [0.15, 0.2) is 11.3 Å². The lowest BCUT2D eigenvalue weighted by Gasteiger charge is -2.34. The summed E-state index contributed by atoms with van der Waals surface area (Å²) in [7, 11) is 0.950. The Morgan fingerprint density at radius 1 is 1.30 bits per heavy atom. The number of ether oxygens (including phenoxy) is 1. The van der Waals surface area contributed by atoms with E-state index in [-0.39, 0.29) is 12.1 Å². The van der Waals surface area contributed by atoms with Crippen molar-refractivity contribution in [3.05, 3.63) is 11.3 Å². The molecule has 0 aromatic heterocycles. The van der Waals surface area contributed by atoms with E-state index < -0.39 is 41.1 Å². The zero-order chi connectivity index (χ0) is 20.4. The summed E-state index contributed by atoms with van der Waals surface area (Å²) < 4.78 is 47.2. The van der Waals surface area contributed by atoms with Gasteiger partial charge in [-0.15, -0.1) is 0 Å². The number of nitrogens with one attached hydrogen (secondary N) is 1. The summed E-state index contributed by atoms with van der Waals surface area (Å²) in [6.45, 7) is 3.09. The third kappa shape index (κ3) is 3.55. The minimum atomic E-state index is -5.19. The first-order valence-electron chi connectivity index (χ1n) is 9.12. The minimum Gasteiger partial charge on any atom is -0.466 e. The molecule has 2 rings (SSSR count). The Hall–Kier alpha value is -2.06. The molecule has 2 aliphatic rings. The van der Waals surface area contributed by atoms with Gasteiger partial charge in [0.25, 0.3) is 5.91 Å². The van der Waals surface area contributed by atoms with Crippen molar-refractivity contribution >= 4 is 17.8 Å². The number of carbonyl (C=O) groups excluding carboxylic acids is 3. The highest BCUT2D eigenvalue weighted by Crippen LogP contribution is 2.47. The molecule has 0 unspecified atom stereocenters. The van der Waals surface area contributed by atoms with Crippen molar-refractivity contribution in [3.63, 3.8) is 0 Å². The minimum absolute atomic E-state index is 0.105. The molecule has 6 nitrogen and oxygen atoms in total. The molecule has 1 aliphatic carbocycles. The third-order valence-corrected chi connectivity index (χ3v) is 5.23. The number of esters is 1. The van der Waals surface area contributed by atoms with Gasteiger partial charge in [0.2, 0.25) is 11.4 Å². The van der Waals surface area contributed by atoms with Gasteiger partial charge in [0.15, 0.2) is 0 Å². The van der Waals surface area contributed by atoms with Crippen molar-refractivity contribution in [2.75, 3.05) is 7.11 Å². The number of allylic oxidation sites excluding steroid dienone is 1. The highest BCUT2D eigenvalue weighted by atomic mass is 19.4. The zero-order valence-electron chi connectivity index (χ0n) is 15.7. The van der Waals surface area contributed by atoms with Gasteiger partial charge in [0.05, 0.1) is 7.11 Å². The first kappa shape index (κ1) is 21.2. The van der Waals surface area contributed by atoms with E-state index in [2.05, 4.69) is 4.74 Å². The van der Waals surface area contributed by atoms with Crippen LogP contribution in [0.4, 0.5) is 13.2 Å². The van der Waals surface area contributed by atoms with E-state index in [4.69, 9.17) is 0 Å². The van der Waals surface area contributed by atoms with Gasteiger partial charge in [-0.1, -0.05) is 26.2 Å². The lowest BCUT2D eigenvalue weighted by Crippen LogP contribution is -2.66.